The van der Waals surface area contributed by atoms with E-state index in [1.165, 1.54) is 16.7 Å². The molecule has 0 fully saturated rings. The Balaban J connectivity index is 2.18. The summed E-state index contributed by atoms with van der Waals surface area (Å²) in [6.45, 7) is 4.01. The normalized spacial score (nSPS) is 15.0. The Hall–Kier alpha value is -1.94. The third-order valence-corrected chi connectivity index (χ3v) is 4.51. The maximum absolute atomic E-state index is 11.0. The lowest BCUT2D eigenvalue weighted by Gasteiger charge is -2.27. The Morgan fingerprint density at radius 2 is 2.23 bits per heavy atom. The molecule has 1 aliphatic rings. The molecule has 116 valence electrons. The van der Waals surface area contributed by atoms with Crippen molar-refractivity contribution in [1.29, 1.82) is 0 Å². The van der Waals surface area contributed by atoms with Crippen molar-refractivity contribution in [2.75, 3.05) is 13.6 Å². The molecule has 0 radical (unpaired) electrons. The monoisotopic (exact) mass is 298 g/mol. The highest BCUT2D eigenvalue weighted by Crippen LogP contribution is 2.29. The minimum absolute atomic E-state index is 0.172. The quantitative estimate of drug-likeness (QED) is 0.943. The van der Waals surface area contributed by atoms with Crippen LogP contribution in [0.3, 0.4) is 0 Å². The number of aryl methyl sites for hydroxylation is 2. The molecule has 0 spiro atoms. The number of carbonyl (C=O) groups is 1. The van der Waals surface area contributed by atoms with Gasteiger partial charge in [-0.1, -0.05) is 13.0 Å². The van der Waals surface area contributed by atoms with Crippen molar-refractivity contribution >= 4 is 16.9 Å². The molecule has 1 N–H and O–H groups in total. The summed E-state index contributed by atoms with van der Waals surface area (Å²) in [7, 11) is 2.11. The number of hydrogen-bond donors (Lipinski definition) is 1. The van der Waals surface area contributed by atoms with Crippen molar-refractivity contribution < 1.29 is 9.90 Å². The van der Waals surface area contributed by atoms with Gasteiger partial charge in [0, 0.05) is 37.0 Å². The molecule has 3 rings (SSSR count). The van der Waals surface area contributed by atoms with Gasteiger partial charge in [0.25, 0.3) is 0 Å². The molecule has 1 aromatic carbocycles. The average molecular weight is 298 g/mol. The van der Waals surface area contributed by atoms with Crippen LogP contribution in [0, 0.1) is 0 Å². The molecular weight excluding hydrogens is 276 g/mol. The van der Waals surface area contributed by atoms with E-state index in [2.05, 4.69) is 37.1 Å². The minimum atomic E-state index is -0.741. The Kier molecular flexibility index (Phi) is 4.12. The van der Waals surface area contributed by atoms with Gasteiger partial charge in [-0.25, -0.2) is 0 Å². The second-order valence-electron chi connectivity index (χ2n) is 6.10. The van der Waals surface area contributed by atoms with Gasteiger partial charge in [-0.15, -0.1) is 0 Å². The van der Waals surface area contributed by atoms with Crippen LogP contribution in [0.25, 0.3) is 10.9 Å². The standard InChI is InChI=1S/C18H22N2O2/c1-3-12-4-6-16-14(10-12)13(5-7-18(21)22)15-11-20(2)9-8-17(15)19-16/h4,6,10H,3,5,7-9,11H2,1-2H3,(H,21,22). The molecule has 1 aromatic heterocycles. The summed E-state index contributed by atoms with van der Waals surface area (Å²) in [6, 6.07) is 6.39. The van der Waals surface area contributed by atoms with Gasteiger partial charge in [-0.3, -0.25) is 9.78 Å². The first-order valence-corrected chi connectivity index (χ1v) is 7.92. The van der Waals surface area contributed by atoms with Crippen LogP contribution in [0.1, 0.15) is 35.7 Å². The zero-order valence-electron chi connectivity index (χ0n) is 13.2. The topological polar surface area (TPSA) is 53.4 Å². The van der Waals surface area contributed by atoms with Crippen LogP contribution in [0.5, 0.6) is 0 Å². The maximum Gasteiger partial charge on any atom is 0.303 e. The Labute approximate surface area is 130 Å². The van der Waals surface area contributed by atoms with Gasteiger partial charge >= 0.3 is 5.97 Å². The number of rotatable bonds is 4. The number of hydrogen-bond acceptors (Lipinski definition) is 3. The number of likely N-dealkylation sites (N-methyl/N-ethyl adjacent to an activating group) is 1. The van der Waals surface area contributed by atoms with Crippen molar-refractivity contribution in [3.05, 3.63) is 40.6 Å². The summed E-state index contributed by atoms with van der Waals surface area (Å²) in [5.74, 6) is -0.741. The summed E-state index contributed by atoms with van der Waals surface area (Å²) in [5, 5.41) is 10.2. The predicted molar refractivity (Wildman–Crippen MR) is 87.1 cm³/mol. The Morgan fingerprint density at radius 1 is 1.41 bits per heavy atom. The van der Waals surface area contributed by atoms with E-state index in [-0.39, 0.29) is 6.42 Å². The number of benzene rings is 1. The molecule has 0 unspecified atom stereocenters. The second kappa shape index (κ2) is 6.05. The first kappa shape index (κ1) is 15.0. The molecule has 2 heterocycles. The van der Waals surface area contributed by atoms with Crippen LogP contribution in [0.2, 0.25) is 0 Å². The van der Waals surface area contributed by atoms with Crippen LogP contribution in [0.4, 0.5) is 0 Å². The second-order valence-corrected chi connectivity index (χ2v) is 6.10. The predicted octanol–water partition coefficient (Wildman–Crippen LogP) is 2.80. The summed E-state index contributed by atoms with van der Waals surface area (Å²) >= 11 is 0. The van der Waals surface area contributed by atoms with E-state index in [1.807, 2.05) is 0 Å². The summed E-state index contributed by atoms with van der Waals surface area (Å²) in [4.78, 5) is 18.2. The van der Waals surface area contributed by atoms with Gasteiger partial charge in [0.15, 0.2) is 0 Å². The fraction of sp³-hybridized carbons (Fsp3) is 0.444. The Bertz CT molecular complexity index is 725. The van der Waals surface area contributed by atoms with E-state index >= 15 is 0 Å². The molecule has 4 nitrogen and oxygen atoms in total. The molecule has 4 heteroatoms. The van der Waals surface area contributed by atoms with E-state index in [0.717, 1.165) is 42.5 Å². The highest BCUT2D eigenvalue weighted by Gasteiger charge is 2.21. The number of fused-ring (bicyclic) bond motifs is 2. The van der Waals surface area contributed by atoms with Crippen LogP contribution in [-0.4, -0.2) is 34.6 Å². The fourth-order valence-electron chi connectivity index (χ4n) is 3.25. The molecule has 0 saturated heterocycles. The smallest absolute Gasteiger partial charge is 0.303 e. The van der Waals surface area contributed by atoms with Crippen molar-refractivity contribution in [1.82, 2.24) is 9.88 Å². The highest BCUT2D eigenvalue weighted by molar-refractivity contribution is 5.85. The van der Waals surface area contributed by atoms with Crippen LogP contribution in [-0.2, 0) is 30.6 Å². The lowest BCUT2D eigenvalue weighted by molar-refractivity contribution is -0.136. The van der Waals surface area contributed by atoms with Gasteiger partial charge in [0.2, 0.25) is 0 Å². The largest absolute Gasteiger partial charge is 0.481 e. The van der Waals surface area contributed by atoms with Crippen LogP contribution >= 0.6 is 0 Å². The average Bonchev–Trinajstić information content (AvgIpc) is 2.51. The zero-order valence-corrected chi connectivity index (χ0v) is 13.2. The van der Waals surface area contributed by atoms with E-state index in [4.69, 9.17) is 10.1 Å². The minimum Gasteiger partial charge on any atom is -0.481 e. The zero-order chi connectivity index (χ0) is 15.7. The van der Waals surface area contributed by atoms with Gasteiger partial charge in [0.05, 0.1) is 5.52 Å². The molecule has 22 heavy (non-hydrogen) atoms. The molecular formula is C18H22N2O2. The first-order valence-electron chi connectivity index (χ1n) is 7.92. The van der Waals surface area contributed by atoms with Crippen molar-refractivity contribution in [2.45, 2.75) is 39.2 Å². The number of aromatic nitrogens is 1. The third-order valence-electron chi connectivity index (χ3n) is 4.51. The molecule has 2 aromatic rings. The molecule has 0 atom stereocenters. The van der Waals surface area contributed by atoms with Crippen LogP contribution < -0.4 is 0 Å². The number of pyridine rings is 1. The number of carboxylic acid groups (broad SMARTS) is 1. The van der Waals surface area contributed by atoms with E-state index in [0.29, 0.717) is 6.42 Å². The van der Waals surface area contributed by atoms with E-state index in [1.54, 1.807) is 0 Å². The highest BCUT2D eigenvalue weighted by atomic mass is 16.4. The number of carboxylic acids is 1. The van der Waals surface area contributed by atoms with Gasteiger partial charge < -0.3 is 10.0 Å². The summed E-state index contributed by atoms with van der Waals surface area (Å²) in [5.41, 5.74) is 5.85. The van der Waals surface area contributed by atoms with Crippen molar-refractivity contribution in [2.24, 2.45) is 0 Å². The lowest BCUT2D eigenvalue weighted by atomic mass is 9.92. The van der Waals surface area contributed by atoms with Gasteiger partial charge in [-0.05, 0) is 48.7 Å². The fourth-order valence-corrected chi connectivity index (χ4v) is 3.25. The molecule has 1 aliphatic heterocycles. The lowest BCUT2D eigenvalue weighted by Crippen LogP contribution is -2.28. The molecule has 0 amide bonds. The van der Waals surface area contributed by atoms with Gasteiger partial charge in [-0.2, -0.15) is 0 Å². The number of aliphatic carboxylic acids is 1. The van der Waals surface area contributed by atoms with E-state index in [9.17, 15) is 4.79 Å². The number of nitrogens with zero attached hydrogens (tertiary/aromatic N) is 2. The molecule has 0 saturated carbocycles. The molecule has 0 bridgehead atoms. The summed E-state index contributed by atoms with van der Waals surface area (Å²) in [6.07, 6.45) is 2.67. The van der Waals surface area contributed by atoms with Gasteiger partial charge in [0.1, 0.15) is 0 Å². The molecule has 0 aliphatic carbocycles. The van der Waals surface area contributed by atoms with E-state index < -0.39 is 5.97 Å². The third kappa shape index (κ3) is 2.83. The van der Waals surface area contributed by atoms with Crippen molar-refractivity contribution in [3.63, 3.8) is 0 Å². The van der Waals surface area contributed by atoms with Crippen LogP contribution in [0.15, 0.2) is 18.2 Å². The first-order chi connectivity index (χ1) is 10.6. The maximum atomic E-state index is 11.0. The van der Waals surface area contributed by atoms with Crippen molar-refractivity contribution in [3.8, 4) is 0 Å². The SMILES string of the molecule is CCc1ccc2nc3c(c(CCC(=O)O)c2c1)CN(C)CC3. The Morgan fingerprint density at radius 3 is 2.95 bits per heavy atom. The summed E-state index contributed by atoms with van der Waals surface area (Å²) < 4.78 is 0.